The summed E-state index contributed by atoms with van der Waals surface area (Å²) in [5.41, 5.74) is 3.14. The third kappa shape index (κ3) is 5.59. The maximum atomic E-state index is 13.1. The molecule has 1 atom stereocenters. The minimum absolute atomic E-state index is 0.00120. The molecule has 1 amide bonds. The fourth-order valence-electron chi connectivity index (χ4n) is 3.95. The van der Waals surface area contributed by atoms with Gasteiger partial charge in [-0.15, -0.1) is 0 Å². The average Bonchev–Trinajstić information content (AvgIpc) is 2.90. The monoisotopic (exact) mass is 546 g/mol. The highest BCUT2D eigenvalue weighted by Gasteiger charge is 2.24. The molecule has 0 saturated carbocycles. The molecule has 0 spiro atoms. The molecule has 0 aliphatic heterocycles. The Bertz CT molecular complexity index is 1600. The van der Waals surface area contributed by atoms with Crippen LogP contribution in [0.15, 0.2) is 77.7 Å². The number of hydrogen-bond acceptors (Lipinski definition) is 5. The van der Waals surface area contributed by atoms with E-state index in [4.69, 9.17) is 28.5 Å². The van der Waals surface area contributed by atoms with Crippen molar-refractivity contribution in [3.05, 3.63) is 110 Å². The number of aromatic nitrogens is 2. The Morgan fingerprint density at radius 1 is 1.03 bits per heavy atom. The van der Waals surface area contributed by atoms with Gasteiger partial charge in [0.1, 0.15) is 6.04 Å². The molecule has 4 rings (SSSR count). The van der Waals surface area contributed by atoms with Crippen LogP contribution in [0.5, 0.6) is 0 Å². The van der Waals surface area contributed by atoms with Crippen LogP contribution in [-0.4, -0.2) is 32.8 Å². The number of rotatable bonds is 7. The highest BCUT2D eigenvalue weighted by Crippen LogP contribution is 2.29. The van der Waals surface area contributed by atoms with Gasteiger partial charge in [0.05, 0.1) is 39.0 Å². The zero-order chi connectivity index (χ0) is 27.4. The summed E-state index contributed by atoms with van der Waals surface area (Å²) < 4.78 is 1.23. The van der Waals surface area contributed by atoms with E-state index in [9.17, 15) is 19.5 Å². The Hall–Kier alpha value is -4.45. The summed E-state index contributed by atoms with van der Waals surface area (Å²) in [6, 6.07) is 19.0. The van der Waals surface area contributed by atoms with E-state index in [0.717, 1.165) is 5.56 Å². The van der Waals surface area contributed by atoms with Crippen molar-refractivity contribution < 1.29 is 14.7 Å². The van der Waals surface area contributed by atoms with Gasteiger partial charge in [0.2, 0.25) is 0 Å². The lowest BCUT2D eigenvalue weighted by Gasteiger charge is -2.16. The number of aryl methyl sites for hydroxylation is 1. The number of amides is 1. The van der Waals surface area contributed by atoms with Gasteiger partial charge in [0.15, 0.2) is 0 Å². The highest BCUT2D eigenvalue weighted by atomic mass is 35.5. The predicted molar refractivity (Wildman–Crippen MR) is 144 cm³/mol. The lowest BCUT2D eigenvalue weighted by Crippen LogP contribution is -2.42. The molecule has 0 aliphatic rings. The van der Waals surface area contributed by atoms with Gasteiger partial charge in [-0.2, -0.15) is 10.4 Å². The molecule has 1 heterocycles. The van der Waals surface area contributed by atoms with Gasteiger partial charge in [-0.05, 0) is 41.0 Å². The Morgan fingerprint density at radius 2 is 1.63 bits per heavy atom. The molecule has 2 N–H and O–H groups in total. The summed E-state index contributed by atoms with van der Waals surface area (Å²) in [4.78, 5) is 37.7. The summed E-state index contributed by atoms with van der Waals surface area (Å²) in [7, 11) is 1.55. The first-order valence-corrected chi connectivity index (χ1v) is 12.1. The van der Waals surface area contributed by atoms with Crippen molar-refractivity contribution in [1.29, 1.82) is 5.26 Å². The van der Waals surface area contributed by atoms with Crippen LogP contribution in [0, 0.1) is 11.3 Å². The van der Waals surface area contributed by atoms with Crippen molar-refractivity contribution in [3.63, 3.8) is 0 Å². The standard InChI is InChI=1S/C28H20Cl2N4O4/c1-34-27(36)24(20(15-32-34)18-9-7-17(14-31)8-10-18)19-11-5-16(6-12-19)13-23(28(37)38)33-26(35)25-21(29)3-2-4-22(25)30/h2-12,15,23H,13H2,1H3,(H,33,35)(H,37,38)/t23-/m0/s1. The number of halogens is 2. The van der Waals surface area contributed by atoms with Crippen LogP contribution in [0.25, 0.3) is 22.3 Å². The van der Waals surface area contributed by atoms with E-state index < -0.39 is 17.9 Å². The average molecular weight is 547 g/mol. The Labute approximate surface area is 227 Å². The second-order valence-electron chi connectivity index (χ2n) is 8.41. The fraction of sp³-hybridized carbons (Fsp3) is 0.107. The first kappa shape index (κ1) is 26.6. The van der Waals surface area contributed by atoms with Gasteiger partial charge in [0, 0.05) is 19.0 Å². The maximum absolute atomic E-state index is 13.1. The molecule has 0 bridgehead atoms. The first-order chi connectivity index (χ1) is 18.2. The van der Waals surface area contributed by atoms with Crippen molar-refractivity contribution in [2.24, 2.45) is 7.05 Å². The topological polar surface area (TPSA) is 125 Å². The molecule has 0 unspecified atom stereocenters. The van der Waals surface area contributed by atoms with Crippen molar-refractivity contribution >= 4 is 35.1 Å². The molecule has 0 saturated heterocycles. The minimum atomic E-state index is -1.25. The van der Waals surface area contributed by atoms with E-state index in [0.29, 0.717) is 27.8 Å². The molecule has 10 heteroatoms. The number of carbonyl (C=O) groups excluding carboxylic acids is 1. The predicted octanol–water partition coefficient (Wildman–Crippen LogP) is 4.72. The molecular weight excluding hydrogens is 527 g/mol. The third-order valence-corrected chi connectivity index (χ3v) is 6.57. The number of nitrogens with one attached hydrogen (secondary N) is 1. The normalized spacial score (nSPS) is 11.4. The van der Waals surface area contributed by atoms with E-state index in [1.54, 1.807) is 67.8 Å². The summed E-state index contributed by atoms with van der Waals surface area (Å²) in [5, 5.41) is 25.6. The molecule has 0 aliphatic carbocycles. The summed E-state index contributed by atoms with van der Waals surface area (Å²) in [6.07, 6.45) is 1.57. The number of hydrogen-bond donors (Lipinski definition) is 2. The molecule has 0 radical (unpaired) electrons. The van der Waals surface area contributed by atoms with Crippen LogP contribution in [0.2, 0.25) is 10.0 Å². The quantitative estimate of drug-likeness (QED) is 0.345. The molecule has 0 fully saturated rings. The van der Waals surface area contributed by atoms with Gasteiger partial charge >= 0.3 is 5.97 Å². The van der Waals surface area contributed by atoms with E-state index in [1.165, 1.54) is 16.8 Å². The molecule has 38 heavy (non-hydrogen) atoms. The van der Waals surface area contributed by atoms with Crippen LogP contribution in [0.3, 0.4) is 0 Å². The van der Waals surface area contributed by atoms with E-state index in [1.807, 2.05) is 0 Å². The summed E-state index contributed by atoms with van der Waals surface area (Å²) in [6.45, 7) is 0. The molecule has 3 aromatic carbocycles. The third-order valence-electron chi connectivity index (χ3n) is 5.94. The zero-order valence-corrected chi connectivity index (χ0v) is 21.5. The van der Waals surface area contributed by atoms with Gasteiger partial charge in [-0.3, -0.25) is 9.59 Å². The van der Waals surface area contributed by atoms with Gasteiger partial charge < -0.3 is 10.4 Å². The molecule has 190 valence electrons. The van der Waals surface area contributed by atoms with E-state index in [2.05, 4.69) is 16.5 Å². The molecular formula is C28H20Cl2N4O4. The zero-order valence-electron chi connectivity index (χ0n) is 20.0. The van der Waals surface area contributed by atoms with Crippen molar-refractivity contribution in [2.75, 3.05) is 0 Å². The summed E-state index contributed by atoms with van der Waals surface area (Å²) >= 11 is 12.2. The minimum Gasteiger partial charge on any atom is -0.480 e. The first-order valence-electron chi connectivity index (χ1n) is 11.3. The Morgan fingerprint density at radius 3 is 2.21 bits per heavy atom. The lowest BCUT2D eigenvalue weighted by atomic mass is 9.95. The SMILES string of the molecule is Cn1ncc(-c2ccc(C#N)cc2)c(-c2ccc(C[C@H](NC(=O)c3c(Cl)cccc3Cl)C(=O)O)cc2)c1=O. The molecule has 8 nitrogen and oxygen atoms in total. The molecule has 4 aromatic rings. The fourth-order valence-corrected chi connectivity index (χ4v) is 4.52. The smallest absolute Gasteiger partial charge is 0.326 e. The second kappa shape index (κ2) is 11.3. The van der Waals surface area contributed by atoms with Crippen LogP contribution in [-0.2, 0) is 18.3 Å². The Kier molecular flexibility index (Phi) is 7.91. The maximum Gasteiger partial charge on any atom is 0.326 e. The van der Waals surface area contributed by atoms with Crippen LogP contribution >= 0.6 is 23.2 Å². The van der Waals surface area contributed by atoms with Gasteiger partial charge in [-0.1, -0.05) is 65.7 Å². The lowest BCUT2D eigenvalue weighted by molar-refractivity contribution is -0.139. The highest BCUT2D eigenvalue weighted by molar-refractivity contribution is 6.39. The van der Waals surface area contributed by atoms with Crippen LogP contribution in [0.4, 0.5) is 0 Å². The number of carbonyl (C=O) groups is 2. The number of benzene rings is 3. The van der Waals surface area contributed by atoms with Crippen molar-refractivity contribution in [2.45, 2.75) is 12.5 Å². The number of aliphatic carboxylic acids is 1. The van der Waals surface area contributed by atoms with Gasteiger partial charge in [-0.25, -0.2) is 9.48 Å². The number of carboxylic acids is 1. The van der Waals surface area contributed by atoms with Gasteiger partial charge in [0.25, 0.3) is 11.5 Å². The summed E-state index contributed by atoms with van der Waals surface area (Å²) in [5.74, 6) is -1.92. The van der Waals surface area contributed by atoms with E-state index in [-0.39, 0.29) is 27.6 Å². The van der Waals surface area contributed by atoms with E-state index >= 15 is 0 Å². The van der Waals surface area contributed by atoms with Crippen molar-refractivity contribution in [1.82, 2.24) is 15.1 Å². The number of carboxylic acid groups (broad SMARTS) is 1. The Balaban J connectivity index is 1.62. The van der Waals surface area contributed by atoms with Crippen LogP contribution in [0.1, 0.15) is 21.5 Å². The number of nitriles is 1. The molecule has 1 aromatic heterocycles. The number of nitrogens with zero attached hydrogens (tertiary/aromatic N) is 3. The second-order valence-corrected chi connectivity index (χ2v) is 9.23. The van der Waals surface area contributed by atoms with Crippen LogP contribution < -0.4 is 10.9 Å². The largest absolute Gasteiger partial charge is 0.480 e. The van der Waals surface area contributed by atoms with Crippen molar-refractivity contribution in [3.8, 4) is 28.3 Å².